The van der Waals surface area contributed by atoms with Gasteiger partial charge in [0.1, 0.15) is 23.8 Å². The van der Waals surface area contributed by atoms with E-state index >= 15 is 0 Å². The number of rotatable bonds is 6. The number of nitrogens with zero attached hydrogens (tertiary/aromatic N) is 4. The Labute approximate surface area is 271 Å². The van der Waals surface area contributed by atoms with E-state index in [1.807, 2.05) is 32.1 Å². The van der Waals surface area contributed by atoms with Gasteiger partial charge < -0.3 is 29.2 Å². The van der Waals surface area contributed by atoms with Crippen molar-refractivity contribution in [2.24, 2.45) is 0 Å². The van der Waals surface area contributed by atoms with Crippen LogP contribution in [0.3, 0.4) is 0 Å². The molecule has 2 aromatic heterocycles. The second kappa shape index (κ2) is 21.0. The van der Waals surface area contributed by atoms with Crippen molar-refractivity contribution in [3.8, 4) is 0 Å². The number of aromatic nitrogens is 2. The molecule has 2 aliphatic rings. The quantitative estimate of drug-likeness (QED) is 0.455. The van der Waals surface area contributed by atoms with Crippen molar-refractivity contribution < 1.29 is 38.7 Å². The van der Waals surface area contributed by atoms with Crippen LogP contribution >= 0.6 is 0 Å². The molecule has 252 valence electrons. The highest BCUT2D eigenvalue weighted by atomic mass is 16.5. The standard InChI is InChI=1S/C32H42N4O8.C2H6/c37-31(38)27-9-4-7-25(33-27)23-35-13-6-17-43-29-11-2-1-3-12-30(29)44-20-16-36(15-19-42-22-21-41-18-14-35)24-26-8-5-10-28(34-26)32(39)40;1-2/h2,4-5,7-11H,1,3,6,12-24H2,(H,37,38)(H,39,40);1-2H3. The average Bonchev–Trinajstić information content (AvgIpc) is 3.29. The van der Waals surface area contributed by atoms with E-state index in [-0.39, 0.29) is 11.4 Å². The first-order valence-electron chi connectivity index (χ1n) is 16.1. The van der Waals surface area contributed by atoms with Gasteiger partial charge in [0.15, 0.2) is 5.76 Å². The highest BCUT2D eigenvalue weighted by molar-refractivity contribution is 5.85. The molecule has 46 heavy (non-hydrogen) atoms. The first kappa shape index (κ1) is 36.6. The van der Waals surface area contributed by atoms with Crippen LogP contribution in [-0.4, -0.2) is 108 Å². The van der Waals surface area contributed by atoms with E-state index < -0.39 is 11.9 Å². The maximum absolute atomic E-state index is 11.4. The second-order valence-electron chi connectivity index (χ2n) is 10.5. The molecule has 0 amide bonds. The largest absolute Gasteiger partial charge is 0.493 e. The summed E-state index contributed by atoms with van der Waals surface area (Å²) in [6.07, 6.45) is 7.55. The second-order valence-corrected chi connectivity index (χ2v) is 10.5. The van der Waals surface area contributed by atoms with E-state index in [0.717, 1.165) is 43.7 Å². The van der Waals surface area contributed by atoms with Gasteiger partial charge in [-0.05, 0) is 49.6 Å². The lowest BCUT2D eigenvalue weighted by Gasteiger charge is -2.23. The zero-order valence-corrected chi connectivity index (χ0v) is 27.1. The van der Waals surface area contributed by atoms with E-state index in [9.17, 15) is 19.8 Å². The van der Waals surface area contributed by atoms with Crippen molar-refractivity contribution in [1.29, 1.82) is 0 Å². The van der Waals surface area contributed by atoms with Crippen molar-refractivity contribution in [3.05, 3.63) is 82.8 Å². The summed E-state index contributed by atoms with van der Waals surface area (Å²) in [6.45, 7) is 10.3. The number of allylic oxidation sites excluding steroid dienone is 3. The van der Waals surface area contributed by atoms with Crippen LogP contribution in [-0.2, 0) is 32.0 Å². The third-order valence-electron chi connectivity index (χ3n) is 7.18. The van der Waals surface area contributed by atoms with Crippen molar-refractivity contribution in [2.75, 3.05) is 65.8 Å². The zero-order chi connectivity index (χ0) is 33.0. The zero-order valence-electron chi connectivity index (χ0n) is 27.1. The molecule has 0 saturated heterocycles. The van der Waals surface area contributed by atoms with Crippen LogP contribution in [0.15, 0.2) is 60.1 Å². The molecule has 0 fully saturated rings. The maximum Gasteiger partial charge on any atom is 0.354 e. The number of pyridine rings is 2. The van der Waals surface area contributed by atoms with Crippen LogP contribution in [0, 0.1) is 0 Å². The Morgan fingerprint density at radius 3 is 1.87 bits per heavy atom. The van der Waals surface area contributed by atoms with Crippen molar-refractivity contribution >= 4 is 11.9 Å². The van der Waals surface area contributed by atoms with Gasteiger partial charge in [-0.25, -0.2) is 19.6 Å². The van der Waals surface area contributed by atoms with E-state index in [1.54, 1.807) is 12.1 Å². The predicted molar refractivity (Wildman–Crippen MR) is 172 cm³/mol. The normalized spacial score (nSPS) is 18.2. The van der Waals surface area contributed by atoms with Crippen LogP contribution in [0.4, 0.5) is 0 Å². The molecule has 12 heteroatoms. The lowest BCUT2D eigenvalue weighted by atomic mass is 10.2. The molecule has 12 nitrogen and oxygen atoms in total. The monoisotopic (exact) mass is 640 g/mol. The van der Waals surface area contributed by atoms with Gasteiger partial charge in [0, 0.05) is 45.7 Å². The fraction of sp³-hybridized carbons (Fsp3) is 0.529. The lowest BCUT2D eigenvalue weighted by Crippen LogP contribution is -2.31. The summed E-state index contributed by atoms with van der Waals surface area (Å²) in [6, 6.07) is 10.1. The Morgan fingerprint density at radius 1 is 0.717 bits per heavy atom. The maximum atomic E-state index is 11.4. The Balaban J connectivity index is 0.00000282. The van der Waals surface area contributed by atoms with E-state index in [4.69, 9.17) is 18.9 Å². The van der Waals surface area contributed by atoms with Gasteiger partial charge in [-0.15, -0.1) is 0 Å². The number of carboxylic acids is 2. The number of hydrogen-bond acceptors (Lipinski definition) is 10. The number of hydrogen-bond donors (Lipinski definition) is 2. The Kier molecular flexibility index (Phi) is 16.8. The molecule has 2 N–H and O–H groups in total. The first-order chi connectivity index (χ1) is 22.5. The van der Waals surface area contributed by atoms with Crippen molar-refractivity contribution in [1.82, 2.24) is 19.8 Å². The number of ether oxygens (including phenoxy) is 4. The van der Waals surface area contributed by atoms with Gasteiger partial charge in [-0.2, -0.15) is 0 Å². The molecular weight excluding hydrogens is 592 g/mol. The van der Waals surface area contributed by atoms with Crippen LogP contribution in [0.1, 0.15) is 71.9 Å². The molecule has 0 saturated carbocycles. The molecule has 1 aliphatic carbocycles. The van der Waals surface area contributed by atoms with Gasteiger partial charge in [-0.3, -0.25) is 9.80 Å². The summed E-state index contributed by atoms with van der Waals surface area (Å²) in [7, 11) is 0. The predicted octanol–water partition coefficient (Wildman–Crippen LogP) is 4.63. The number of aromatic carboxylic acids is 2. The molecule has 0 bridgehead atoms. The van der Waals surface area contributed by atoms with Gasteiger partial charge >= 0.3 is 11.9 Å². The van der Waals surface area contributed by atoms with Crippen LogP contribution < -0.4 is 0 Å². The SMILES string of the molecule is CC.O=C(O)c1cccc(CN2CCCOC3=C(CCCC=C3)OCCN(Cc3cccc(C(=O)O)n3)CCOCCOCC2)n1. The summed E-state index contributed by atoms with van der Waals surface area (Å²) in [5.74, 6) is -0.522. The molecule has 1 aliphatic heterocycles. The molecule has 0 aromatic carbocycles. The third-order valence-corrected chi connectivity index (χ3v) is 7.18. The fourth-order valence-corrected chi connectivity index (χ4v) is 4.91. The van der Waals surface area contributed by atoms with E-state index in [0.29, 0.717) is 83.8 Å². The van der Waals surface area contributed by atoms with E-state index in [2.05, 4.69) is 25.8 Å². The van der Waals surface area contributed by atoms with Crippen molar-refractivity contribution in [3.63, 3.8) is 0 Å². The third kappa shape index (κ3) is 13.3. The minimum atomic E-state index is -1.05. The Bertz CT molecular complexity index is 1290. The van der Waals surface area contributed by atoms with Crippen LogP contribution in [0.2, 0.25) is 0 Å². The number of carbonyl (C=O) groups is 2. The number of carboxylic acid groups (broad SMARTS) is 2. The van der Waals surface area contributed by atoms with Gasteiger partial charge in [0.05, 0.1) is 44.4 Å². The van der Waals surface area contributed by atoms with Gasteiger partial charge in [-0.1, -0.05) is 32.1 Å². The highest BCUT2D eigenvalue weighted by Gasteiger charge is 2.15. The smallest absolute Gasteiger partial charge is 0.354 e. The van der Waals surface area contributed by atoms with Crippen molar-refractivity contribution in [2.45, 2.75) is 52.6 Å². The molecule has 0 radical (unpaired) electrons. The minimum Gasteiger partial charge on any atom is -0.493 e. The Hall–Kier alpha value is -3.84. The average molecular weight is 641 g/mol. The summed E-state index contributed by atoms with van der Waals surface area (Å²) >= 11 is 0. The fourth-order valence-electron chi connectivity index (χ4n) is 4.91. The molecular formula is C34H48N4O8. The summed E-state index contributed by atoms with van der Waals surface area (Å²) < 4.78 is 24.2. The highest BCUT2D eigenvalue weighted by Crippen LogP contribution is 2.21. The molecule has 0 spiro atoms. The minimum absolute atomic E-state index is 0.0188. The first-order valence-corrected chi connectivity index (χ1v) is 16.1. The molecule has 3 heterocycles. The molecule has 2 aromatic rings. The van der Waals surface area contributed by atoms with Crippen LogP contribution in [0.25, 0.3) is 0 Å². The van der Waals surface area contributed by atoms with E-state index in [1.165, 1.54) is 12.1 Å². The molecule has 4 rings (SSSR count). The summed E-state index contributed by atoms with van der Waals surface area (Å²) in [5, 5.41) is 18.7. The summed E-state index contributed by atoms with van der Waals surface area (Å²) in [5.41, 5.74) is 1.40. The summed E-state index contributed by atoms with van der Waals surface area (Å²) in [4.78, 5) is 35.7. The lowest BCUT2D eigenvalue weighted by molar-refractivity contribution is 0.0273. The van der Waals surface area contributed by atoms with Gasteiger partial charge in [0.25, 0.3) is 0 Å². The topological polar surface area (TPSA) is 144 Å². The molecule has 0 atom stereocenters. The Morgan fingerprint density at radius 2 is 1.28 bits per heavy atom. The van der Waals surface area contributed by atoms with Crippen LogP contribution in [0.5, 0.6) is 0 Å². The van der Waals surface area contributed by atoms with Gasteiger partial charge in [0.2, 0.25) is 0 Å². The molecule has 0 unspecified atom stereocenters.